The van der Waals surface area contributed by atoms with Crippen LogP contribution in [0.5, 0.6) is 0 Å². The highest BCUT2D eigenvalue weighted by Gasteiger charge is 2.34. The molecule has 0 fully saturated rings. The summed E-state index contributed by atoms with van der Waals surface area (Å²) in [5.41, 5.74) is -0.162. The van der Waals surface area contributed by atoms with Crippen molar-refractivity contribution in [2.45, 2.75) is 25.5 Å². The van der Waals surface area contributed by atoms with Crippen LogP contribution in [0.25, 0.3) is 10.1 Å². The van der Waals surface area contributed by atoms with Crippen molar-refractivity contribution in [3.8, 4) is 0 Å². The first kappa shape index (κ1) is 13.8. The molecule has 0 saturated heterocycles. The van der Waals surface area contributed by atoms with E-state index in [-0.39, 0.29) is 11.9 Å². The number of hydrogen-bond donors (Lipinski definition) is 2. The minimum Gasteiger partial charge on any atom is -0.382 e. The highest BCUT2D eigenvalue weighted by molar-refractivity contribution is 7.17. The Bertz CT molecular complexity index is 527. The maximum atomic E-state index is 10.8. The van der Waals surface area contributed by atoms with Gasteiger partial charge >= 0.3 is 0 Å². The number of rotatable bonds is 5. The van der Waals surface area contributed by atoms with Crippen molar-refractivity contribution in [1.82, 2.24) is 5.32 Å². The third-order valence-corrected chi connectivity index (χ3v) is 4.69. The van der Waals surface area contributed by atoms with Gasteiger partial charge in [-0.3, -0.25) is 0 Å². The Balaban J connectivity index is 2.41. The fraction of sp³-hybridized carbons (Fsp3) is 0.429. The molecule has 98 valence electrons. The van der Waals surface area contributed by atoms with E-state index in [1.807, 2.05) is 32.0 Å². The molecule has 4 heteroatoms. The first-order chi connectivity index (χ1) is 8.61. The minimum absolute atomic E-state index is 0.0870. The van der Waals surface area contributed by atoms with E-state index in [4.69, 9.17) is 11.6 Å². The number of aliphatic hydroxyl groups is 1. The molecule has 0 bridgehead atoms. The van der Waals surface area contributed by atoms with Crippen LogP contribution in [0.1, 0.15) is 19.4 Å². The molecule has 2 N–H and O–H groups in total. The van der Waals surface area contributed by atoms with Gasteiger partial charge < -0.3 is 10.4 Å². The number of fused-ring (bicyclic) bond motifs is 1. The molecule has 1 aromatic heterocycles. The van der Waals surface area contributed by atoms with E-state index in [2.05, 4.69) is 16.8 Å². The fourth-order valence-electron chi connectivity index (χ4n) is 2.15. The lowest BCUT2D eigenvalue weighted by molar-refractivity contribution is 0.0259. The molecular formula is C14H18ClNOS. The predicted molar refractivity (Wildman–Crippen MR) is 79.6 cm³/mol. The number of nitrogens with one attached hydrogen (secondary N) is 1. The molecule has 0 spiro atoms. The molecule has 1 aromatic carbocycles. The third kappa shape index (κ3) is 2.41. The first-order valence-corrected chi connectivity index (χ1v) is 7.52. The van der Waals surface area contributed by atoms with Gasteiger partial charge in [-0.25, -0.2) is 0 Å². The molecule has 2 atom stereocenters. The van der Waals surface area contributed by atoms with Crippen molar-refractivity contribution in [1.29, 1.82) is 0 Å². The number of benzene rings is 1. The van der Waals surface area contributed by atoms with Crippen LogP contribution < -0.4 is 5.32 Å². The molecule has 2 aromatic rings. The Morgan fingerprint density at radius 3 is 2.89 bits per heavy atom. The molecule has 2 nitrogen and oxygen atoms in total. The summed E-state index contributed by atoms with van der Waals surface area (Å²) >= 11 is 7.71. The largest absolute Gasteiger partial charge is 0.382 e. The Kier molecular flexibility index (Phi) is 4.28. The van der Waals surface area contributed by atoms with Crippen molar-refractivity contribution in [2.75, 3.05) is 12.4 Å². The van der Waals surface area contributed by atoms with Gasteiger partial charge in [0.25, 0.3) is 0 Å². The van der Waals surface area contributed by atoms with E-state index in [1.54, 1.807) is 11.3 Å². The number of hydrogen-bond acceptors (Lipinski definition) is 3. The van der Waals surface area contributed by atoms with Gasteiger partial charge in [0.2, 0.25) is 0 Å². The molecule has 0 saturated carbocycles. The number of halogens is 1. The first-order valence-electron chi connectivity index (χ1n) is 6.11. The van der Waals surface area contributed by atoms with E-state index in [1.165, 1.54) is 4.70 Å². The van der Waals surface area contributed by atoms with Gasteiger partial charge in [-0.2, -0.15) is 0 Å². The maximum Gasteiger partial charge on any atom is 0.118 e. The quantitative estimate of drug-likeness (QED) is 0.825. The summed E-state index contributed by atoms with van der Waals surface area (Å²) in [6.07, 6.45) is 0. The molecule has 18 heavy (non-hydrogen) atoms. The summed E-state index contributed by atoms with van der Waals surface area (Å²) in [6, 6.07) is 8.02. The van der Waals surface area contributed by atoms with E-state index < -0.39 is 5.60 Å². The summed E-state index contributed by atoms with van der Waals surface area (Å²) in [6.45, 7) is 4.79. The second-order valence-electron chi connectivity index (χ2n) is 4.51. The Hall–Kier alpha value is -0.610. The third-order valence-electron chi connectivity index (χ3n) is 3.38. The van der Waals surface area contributed by atoms with Crippen molar-refractivity contribution in [2.24, 2.45) is 0 Å². The number of thiophene rings is 1. The lowest BCUT2D eigenvalue weighted by Gasteiger charge is -2.33. The molecule has 0 aliphatic rings. The Labute approximate surface area is 117 Å². The van der Waals surface area contributed by atoms with Crippen molar-refractivity contribution >= 4 is 33.0 Å². The summed E-state index contributed by atoms with van der Waals surface area (Å²) < 4.78 is 1.23. The molecule has 1 heterocycles. The van der Waals surface area contributed by atoms with Crippen LogP contribution in [0.2, 0.25) is 0 Å². The average molecular weight is 284 g/mol. The van der Waals surface area contributed by atoms with E-state index >= 15 is 0 Å². The van der Waals surface area contributed by atoms with Gasteiger partial charge in [0, 0.05) is 10.7 Å². The monoisotopic (exact) mass is 283 g/mol. The second kappa shape index (κ2) is 5.57. The molecule has 0 aliphatic carbocycles. The van der Waals surface area contributed by atoms with Crippen molar-refractivity contribution < 1.29 is 5.11 Å². The van der Waals surface area contributed by atoms with Gasteiger partial charge in [0.15, 0.2) is 0 Å². The van der Waals surface area contributed by atoms with Crippen LogP contribution in [-0.2, 0) is 5.60 Å². The zero-order chi connectivity index (χ0) is 13.2. The van der Waals surface area contributed by atoms with Crippen LogP contribution in [0.3, 0.4) is 0 Å². The highest BCUT2D eigenvalue weighted by Crippen LogP contribution is 2.31. The van der Waals surface area contributed by atoms with Crippen LogP contribution in [0.4, 0.5) is 0 Å². The van der Waals surface area contributed by atoms with Crippen molar-refractivity contribution in [3.63, 3.8) is 0 Å². The maximum absolute atomic E-state index is 10.8. The second-order valence-corrected chi connectivity index (χ2v) is 5.73. The summed E-state index contributed by atoms with van der Waals surface area (Å²) in [5, 5.41) is 17.3. The van der Waals surface area contributed by atoms with Crippen LogP contribution in [0.15, 0.2) is 29.6 Å². The summed E-state index contributed by atoms with van der Waals surface area (Å²) in [7, 11) is 0. The normalized spacial score (nSPS) is 16.7. The minimum atomic E-state index is -1.03. The summed E-state index contributed by atoms with van der Waals surface area (Å²) in [4.78, 5) is 0. The Morgan fingerprint density at radius 1 is 1.44 bits per heavy atom. The fourth-order valence-corrected chi connectivity index (χ4v) is 3.31. The van der Waals surface area contributed by atoms with E-state index in [9.17, 15) is 5.11 Å². The zero-order valence-electron chi connectivity index (χ0n) is 10.6. The van der Waals surface area contributed by atoms with Crippen LogP contribution in [0, 0.1) is 0 Å². The lowest BCUT2D eigenvalue weighted by Crippen LogP contribution is -2.48. The standard InChI is InChI=1S/C14H18ClNOS/c1-3-16-10(2)14(17,9-15)12-4-5-13-11(8-12)6-7-18-13/h4-8,10,16-17H,3,9H2,1-2H3. The highest BCUT2D eigenvalue weighted by atomic mass is 35.5. The van der Waals surface area contributed by atoms with Crippen LogP contribution >= 0.6 is 22.9 Å². The zero-order valence-corrected chi connectivity index (χ0v) is 12.2. The van der Waals surface area contributed by atoms with Gasteiger partial charge in [-0.15, -0.1) is 22.9 Å². The average Bonchev–Trinajstić information content (AvgIpc) is 2.85. The molecule has 2 rings (SSSR count). The molecule has 2 unspecified atom stereocenters. The molecule has 0 aliphatic heterocycles. The van der Waals surface area contributed by atoms with Gasteiger partial charge in [0.05, 0.1) is 5.88 Å². The SMILES string of the molecule is CCNC(C)C(O)(CCl)c1ccc2sccc2c1. The molecule has 0 radical (unpaired) electrons. The lowest BCUT2D eigenvalue weighted by atomic mass is 9.88. The van der Waals surface area contributed by atoms with Gasteiger partial charge in [-0.1, -0.05) is 13.0 Å². The van der Waals surface area contributed by atoms with Gasteiger partial charge in [-0.05, 0) is 48.0 Å². The van der Waals surface area contributed by atoms with E-state index in [0.29, 0.717) is 0 Å². The van der Waals surface area contributed by atoms with Crippen molar-refractivity contribution in [3.05, 3.63) is 35.2 Å². The van der Waals surface area contributed by atoms with Gasteiger partial charge in [0.1, 0.15) is 5.60 Å². The summed E-state index contributed by atoms with van der Waals surface area (Å²) in [5.74, 6) is 0.177. The molecular weight excluding hydrogens is 266 g/mol. The Morgan fingerprint density at radius 2 is 2.22 bits per heavy atom. The van der Waals surface area contributed by atoms with E-state index in [0.717, 1.165) is 17.5 Å². The number of alkyl halides is 1. The van der Waals surface area contributed by atoms with Crippen LogP contribution in [-0.4, -0.2) is 23.6 Å². The predicted octanol–water partition coefficient (Wildman–Crippen LogP) is 3.33. The number of likely N-dealkylation sites (N-methyl/N-ethyl adjacent to an activating group) is 1. The molecule has 0 amide bonds. The smallest absolute Gasteiger partial charge is 0.118 e. The topological polar surface area (TPSA) is 32.3 Å².